The molecule has 0 saturated heterocycles. The Morgan fingerprint density at radius 3 is 2.85 bits per heavy atom. The van der Waals surface area contributed by atoms with Gasteiger partial charge >= 0.3 is 0 Å². The Morgan fingerprint density at radius 1 is 1.17 bits per heavy atom. The molecule has 0 amide bonds. The number of aliphatic hydroxyl groups is 1. The number of nitrogens with zero attached hydrogens (tertiary/aromatic N) is 4. The van der Waals surface area contributed by atoms with Crippen LogP contribution in [0.25, 0.3) is 20.7 Å². The van der Waals surface area contributed by atoms with Gasteiger partial charge in [0.05, 0.1) is 28.8 Å². The summed E-state index contributed by atoms with van der Waals surface area (Å²) in [6.07, 6.45) is 4.70. The van der Waals surface area contributed by atoms with E-state index in [2.05, 4.69) is 34.4 Å². The molecular weight excluding hydrogens is 563 g/mol. The highest BCUT2D eigenvalue weighted by Crippen LogP contribution is 2.45. The van der Waals surface area contributed by atoms with Crippen LogP contribution >= 0.6 is 22.9 Å². The lowest BCUT2D eigenvalue weighted by atomic mass is 9.95. The summed E-state index contributed by atoms with van der Waals surface area (Å²) >= 11 is 8.17. The minimum Gasteiger partial charge on any atom is -0.487 e. The molecule has 0 fully saturated rings. The molecule has 11 heteroatoms. The molecule has 0 radical (unpaired) electrons. The number of aliphatic hydroxyl groups excluding tert-OH is 1. The van der Waals surface area contributed by atoms with Crippen LogP contribution in [-0.2, 0) is 26.0 Å². The number of fused-ring (bicyclic) bond motifs is 5. The molecule has 0 aliphatic heterocycles. The number of halogens is 2. The second-order valence-corrected chi connectivity index (χ2v) is 11.8. The van der Waals surface area contributed by atoms with Gasteiger partial charge in [0.15, 0.2) is 0 Å². The van der Waals surface area contributed by atoms with Gasteiger partial charge in [0.2, 0.25) is 0 Å². The van der Waals surface area contributed by atoms with Gasteiger partial charge in [-0.05, 0) is 54.3 Å². The number of aryl methyl sites for hydroxylation is 2. The molecule has 1 aliphatic rings. The molecule has 3 aromatic heterocycles. The summed E-state index contributed by atoms with van der Waals surface area (Å²) in [6, 6.07) is 12.1. The van der Waals surface area contributed by atoms with Crippen LogP contribution in [0.1, 0.15) is 30.7 Å². The summed E-state index contributed by atoms with van der Waals surface area (Å²) in [5, 5.41) is 23.3. The Balaban J connectivity index is 1.21. The zero-order chi connectivity index (χ0) is 28.5. The van der Waals surface area contributed by atoms with E-state index in [1.807, 2.05) is 16.9 Å². The van der Waals surface area contributed by atoms with Gasteiger partial charge in [-0.25, -0.2) is 14.4 Å². The van der Waals surface area contributed by atoms with Crippen LogP contribution in [0, 0.1) is 5.82 Å². The third-order valence-corrected chi connectivity index (χ3v) is 8.39. The van der Waals surface area contributed by atoms with Crippen molar-refractivity contribution in [2.75, 3.05) is 11.9 Å². The number of anilines is 2. The van der Waals surface area contributed by atoms with Crippen molar-refractivity contribution < 1.29 is 14.2 Å². The highest BCUT2D eigenvalue weighted by molar-refractivity contribution is 7.22. The number of hydrogen-bond donors (Lipinski definition) is 3. The summed E-state index contributed by atoms with van der Waals surface area (Å²) in [5.74, 6) is 0.918. The van der Waals surface area contributed by atoms with E-state index in [4.69, 9.17) is 21.4 Å². The minimum absolute atomic E-state index is 0.212. The summed E-state index contributed by atoms with van der Waals surface area (Å²) in [7, 11) is 0. The van der Waals surface area contributed by atoms with Gasteiger partial charge in [-0.15, -0.1) is 11.3 Å². The lowest BCUT2D eigenvalue weighted by Crippen LogP contribution is -2.34. The summed E-state index contributed by atoms with van der Waals surface area (Å²) < 4.78 is 21.1. The van der Waals surface area contributed by atoms with Gasteiger partial charge in [0.25, 0.3) is 0 Å². The van der Waals surface area contributed by atoms with E-state index in [-0.39, 0.29) is 12.4 Å². The largest absolute Gasteiger partial charge is 0.487 e. The van der Waals surface area contributed by atoms with E-state index >= 15 is 0 Å². The molecule has 41 heavy (non-hydrogen) atoms. The molecule has 1 aliphatic carbocycles. The maximum absolute atomic E-state index is 13.5. The smallest absolute Gasteiger partial charge is 0.142 e. The first-order valence-electron chi connectivity index (χ1n) is 13.5. The third-order valence-electron chi connectivity index (χ3n) is 6.92. The van der Waals surface area contributed by atoms with E-state index in [1.54, 1.807) is 41.9 Å². The monoisotopic (exact) mass is 592 g/mol. The van der Waals surface area contributed by atoms with Gasteiger partial charge in [-0.2, -0.15) is 5.10 Å². The van der Waals surface area contributed by atoms with Crippen molar-refractivity contribution in [1.82, 2.24) is 25.1 Å². The maximum Gasteiger partial charge on any atom is 0.142 e. The van der Waals surface area contributed by atoms with Crippen molar-refractivity contribution in [2.24, 2.45) is 0 Å². The molecule has 2 aromatic carbocycles. The molecule has 0 spiro atoms. The van der Waals surface area contributed by atoms with Crippen molar-refractivity contribution in [3.05, 3.63) is 82.6 Å². The highest BCUT2D eigenvalue weighted by Gasteiger charge is 2.27. The molecule has 0 unspecified atom stereocenters. The van der Waals surface area contributed by atoms with Crippen molar-refractivity contribution in [1.29, 1.82) is 0 Å². The zero-order valence-corrected chi connectivity index (χ0v) is 24.3. The van der Waals surface area contributed by atoms with E-state index in [0.29, 0.717) is 35.7 Å². The predicted octanol–water partition coefficient (Wildman–Crippen LogP) is 6.13. The van der Waals surface area contributed by atoms with Crippen molar-refractivity contribution in [2.45, 2.75) is 52.0 Å². The van der Waals surface area contributed by atoms with Gasteiger partial charge in [0.1, 0.15) is 35.1 Å². The Bertz CT molecular complexity index is 1700. The fraction of sp³-hybridized carbons (Fsp3) is 0.300. The average molecular weight is 593 g/mol. The van der Waals surface area contributed by atoms with Gasteiger partial charge in [0, 0.05) is 34.9 Å². The summed E-state index contributed by atoms with van der Waals surface area (Å²) in [4.78, 5) is 11.2. The summed E-state index contributed by atoms with van der Waals surface area (Å²) in [6.45, 7) is 5.28. The van der Waals surface area contributed by atoms with Crippen molar-refractivity contribution in [3.63, 3.8) is 0 Å². The van der Waals surface area contributed by atoms with Crippen LogP contribution in [0.4, 0.5) is 15.9 Å². The number of nitrogens with one attached hydrogen (secondary N) is 2. The SMILES string of the molecule is CC(C)NC[C@@H](O)Cn1cc2c(n1)CCc1c-2sc2ncnc(Nc3ccc(OCc4cccc(F)c4)c(Cl)c3)c12. The lowest BCUT2D eigenvalue weighted by molar-refractivity contribution is 0.144. The molecule has 3 heterocycles. The fourth-order valence-corrected chi connectivity index (χ4v) is 6.44. The predicted molar refractivity (Wildman–Crippen MR) is 161 cm³/mol. The third kappa shape index (κ3) is 6.06. The van der Waals surface area contributed by atoms with Crippen LogP contribution in [0.15, 0.2) is 55.0 Å². The Morgan fingerprint density at radius 2 is 2.05 bits per heavy atom. The van der Waals surface area contributed by atoms with Crippen LogP contribution in [0.5, 0.6) is 5.75 Å². The average Bonchev–Trinajstić information content (AvgIpc) is 3.53. The van der Waals surface area contributed by atoms with E-state index in [9.17, 15) is 9.50 Å². The molecule has 1 atom stereocenters. The number of ether oxygens (including phenoxy) is 1. The van der Waals surface area contributed by atoms with Crippen LogP contribution in [0.2, 0.25) is 5.02 Å². The maximum atomic E-state index is 13.5. The highest BCUT2D eigenvalue weighted by atomic mass is 35.5. The lowest BCUT2D eigenvalue weighted by Gasteiger charge is -2.14. The number of aromatic nitrogens is 4. The molecule has 5 aromatic rings. The van der Waals surface area contributed by atoms with Gasteiger partial charge < -0.3 is 20.5 Å². The molecule has 3 N–H and O–H groups in total. The standard InChI is InChI=1S/C30H30ClFN6O2S/c1-17(2)33-12-21(39)13-38-14-23-25(37-38)8-7-22-27-29(34-16-35-30(27)41-28(22)23)36-20-6-9-26(24(31)11-20)40-15-18-4-3-5-19(32)10-18/h3-6,9-11,14,16-17,21,33,39H,7-8,12-13,15H2,1-2H3,(H,34,35,36)/t21-/m1/s1. The van der Waals surface area contributed by atoms with Gasteiger partial charge in [-0.1, -0.05) is 37.6 Å². The quantitative estimate of drug-likeness (QED) is 0.180. The Labute approximate surface area is 246 Å². The minimum atomic E-state index is -0.521. The Kier molecular flexibility index (Phi) is 7.90. The van der Waals surface area contributed by atoms with Crippen molar-refractivity contribution >= 4 is 44.7 Å². The molecule has 8 nitrogen and oxygen atoms in total. The number of rotatable bonds is 10. The first-order valence-corrected chi connectivity index (χ1v) is 14.7. The zero-order valence-electron chi connectivity index (χ0n) is 22.7. The second-order valence-electron chi connectivity index (χ2n) is 10.4. The number of hydrogen-bond acceptors (Lipinski definition) is 8. The van der Waals surface area contributed by atoms with Crippen LogP contribution in [0.3, 0.4) is 0 Å². The Hall–Kier alpha value is -3.57. The second kappa shape index (κ2) is 11.7. The molecule has 0 bridgehead atoms. The molecule has 212 valence electrons. The van der Waals surface area contributed by atoms with Crippen LogP contribution in [-0.4, -0.2) is 43.5 Å². The van der Waals surface area contributed by atoms with Gasteiger partial charge in [-0.3, -0.25) is 4.68 Å². The first kappa shape index (κ1) is 27.6. The normalized spacial score (nSPS) is 13.3. The summed E-state index contributed by atoms with van der Waals surface area (Å²) in [5.41, 5.74) is 4.81. The van der Waals surface area contributed by atoms with E-state index in [0.717, 1.165) is 50.4 Å². The molecule has 0 saturated carbocycles. The number of benzene rings is 2. The van der Waals surface area contributed by atoms with Crippen molar-refractivity contribution in [3.8, 4) is 16.2 Å². The number of thiophene rings is 1. The fourth-order valence-electron chi connectivity index (χ4n) is 4.99. The van der Waals surface area contributed by atoms with E-state index in [1.165, 1.54) is 17.7 Å². The molecule has 6 rings (SSSR count). The van der Waals surface area contributed by atoms with E-state index < -0.39 is 6.10 Å². The first-order chi connectivity index (χ1) is 19.8. The van der Waals surface area contributed by atoms with Crippen LogP contribution < -0.4 is 15.4 Å². The molecular formula is C30H30ClFN6O2S. The topological polar surface area (TPSA) is 97.1 Å².